The van der Waals surface area contributed by atoms with Gasteiger partial charge in [0, 0.05) is 5.41 Å². The SMILES string of the molecule is c1ccc(C2CN=C(C34CC5CC(CC(C5)C3)C4)S2)cc1. The van der Waals surface area contributed by atoms with E-state index < -0.39 is 0 Å². The third-order valence-electron chi connectivity index (χ3n) is 6.32. The molecule has 4 fully saturated rings. The van der Waals surface area contributed by atoms with Crippen molar-refractivity contribution in [3.05, 3.63) is 35.9 Å². The van der Waals surface area contributed by atoms with Gasteiger partial charge in [-0.3, -0.25) is 4.99 Å². The van der Waals surface area contributed by atoms with E-state index in [1.165, 1.54) is 49.1 Å². The van der Waals surface area contributed by atoms with Crippen molar-refractivity contribution < 1.29 is 0 Å². The molecule has 5 aliphatic rings. The summed E-state index contributed by atoms with van der Waals surface area (Å²) < 4.78 is 0. The average molecular weight is 297 g/mol. The first kappa shape index (κ1) is 12.8. The van der Waals surface area contributed by atoms with Crippen molar-refractivity contribution in [1.29, 1.82) is 0 Å². The smallest absolute Gasteiger partial charge is 0.0745 e. The summed E-state index contributed by atoms with van der Waals surface area (Å²) in [5.41, 5.74) is 1.97. The highest BCUT2D eigenvalue weighted by Crippen LogP contribution is 2.63. The van der Waals surface area contributed by atoms with Crippen molar-refractivity contribution in [2.45, 2.75) is 43.8 Å². The molecule has 1 aromatic rings. The van der Waals surface area contributed by atoms with Crippen LogP contribution in [0.2, 0.25) is 0 Å². The van der Waals surface area contributed by atoms with E-state index in [1.807, 2.05) is 0 Å². The molecule has 0 amide bonds. The van der Waals surface area contributed by atoms with Gasteiger partial charge in [0.15, 0.2) is 0 Å². The number of rotatable bonds is 2. The maximum Gasteiger partial charge on any atom is 0.0745 e. The lowest BCUT2D eigenvalue weighted by molar-refractivity contribution is -0.0106. The Bertz CT molecular complexity index is 541. The summed E-state index contributed by atoms with van der Waals surface area (Å²) in [6, 6.07) is 11.0. The van der Waals surface area contributed by atoms with Gasteiger partial charge < -0.3 is 0 Å². The van der Waals surface area contributed by atoms with Crippen LogP contribution in [0.5, 0.6) is 0 Å². The predicted octanol–water partition coefficient (Wildman–Crippen LogP) is 5.09. The molecule has 21 heavy (non-hydrogen) atoms. The first-order valence-electron chi connectivity index (χ1n) is 8.57. The van der Waals surface area contributed by atoms with Gasteiger partial charge in [-0.15, -0.1) is 11.8 Å². The Hall–Kier alpha value is -0.760. The van der Waals surface area contributed by atoms with Crippen LogP contribution in [0, 0.1) is 23.2 Å². The van der Waals surface area contributed by atoms with Crippen LogP contribution < -0.4 is 0 Å². The van der Waals surface area contributed by atoms with Crippen LogP contribution in [0.4, 0.5) is 0 Å². The van der Waals surface area contributed by atoms with Gasteiger partial charge in [0.05, 0.1) is 16.8 Å². The number of nitrogens with zero attached hydrogens (tertiary/aromatic N) is 1. The van der Waals surface area contributed by atoms with E-state index in [0.717, 1.165) is 24.3 Å². The predicted molar refractivity (Wildman–Crippen MR) is 89.7 cm³/mol. The molecule has 1 aromatic carbocycles. The van der Waals surface area contributed by atoms with Gasteiger partial charge in [-0.1, -0.05) is 30.3 Å². The zero-order valence-electron chi connectivity index (χ0n) is 12.5. The van der Waals surface area contributed by atoms with Gasteiger partial charge in [-0.05, 0) is 61.8 Å². The maximum atomic E-state index is 5.06. The highest BCUT2D eigenvalue weighted by Gasteiger charge is 2.54. The van der Waals surface area contributed by atoms with Gasteiger partial charge in [0.2, 0.25) is 0 Å². The molecule has 6 rings (SSSR count). The number of hydrogen-bond donors (Lipinski definition) is 0. The average Bonchev–Trinajstić information content (AvgIpc) is 2.97. The summed E-state index contributed by atoms with van der Waals surface area (Å²) >= 11 is 2.10. The standard InChI is InChI=1S/C19H23NS/c1-2-4-16(5-3-1)17-12-20-18(21-17)19-9-13-6-14(10-19)8-15(7-13)11-19/h1-5,13-15,17H,6-12H2. The Morgan fingerprint density at radius 3 is 2.14 bits per heavy atom. The molecular formula is C19H23NS. The monoisotopic (exact) mass is 297 g/mol. The molecule has 1 atom stereocenters. The molecule has 0 saturated heterocycles. The van der Waals surface area contributed by atoms with Crippen LogP contribution in [0.1, 0.15) is 49.3 Å². The van der Waals surface area contributed by atoms with Crippen molar-refractivity contribution >= 4 is 16.8 Å². The third kappa shape index (κ3) is 2.02. The molecule has 1 unspecified atom stereocenters. The summed E-state index contributed by atoms with van der Waals surface area (Å²) in [4.78, 5) is 5.06. The van der Waals surface area contributed by atoms with Gasteiger partial charge in [-0.25, -0.2) is 0 Å². The van der Waals surface area contributed by atoms with Gasteiger partial charge in [0.1, 0.15) is 0 Å². The van der Waals surface area contributed by atoms with E-state index >= 15 is 0 Å². The minimum Gasteiger partial charge on any atom is -0.281 e. The highest BCUT2D eigenvalue weighted by molar-refractivity contribution is 8.14. The minimum atomic E-state index is 0.503. The van der Waals surface area contributed by atoms with E-state index in [2.05, 4.69) is 42.1 Å². The molecule has 110 valence electrons. The lowest BCUT2D eigenvalue weighted by atomic mass is 9.50. The van der Waals surface area contributed by atoms with E-state index in [1.54, 1.807) is 0 Å². The van der Waals surface area contributed by atoms with Crippen molar-refractivity contribution in [3.8, 4) is 0 Å². The number of hydrogen-bond acceptors (Lipinski definition) is 2. The highest BCUT2D eigenvalue weighted by atomic mass is 32.2. The van der Waals surface area contributed by atoms with Gasteiger partial charge >= 0.3 is 0 Å². The van der Waals surface area contributed by atoms with E-state index in [-0.39, 0.29) is 0 Å². The zero-order valence-corrected chi connectivity index (χ0v) is 13.3. The Morgan fingerprint density at radius 2 is 1.52 bits per heavy atom. The largest absolute Gasteiger partial charge is 0.281 e. The van der Waals surface area contributed by atoms with Crippen LogP contribution in [0.25, 0.3) is 0 Å². The van der Waals surface area contributed by atoms with Crippen LogP contribution in [0.15, 0.2) is 35.3 Å². The molecule has 4 aliphatic carbocycles. The molecule has 4 saturated carbocycles. The second-order valence-corrected chi connectivity index (χ2v) is 9.05. The molecule has 0 spiro atoms. The quantitative estimate of drug-likeness (QED) is 0.740. The number of thioether (sulfide) groups is 1. The first-order valence-corrected chi connectivity index (χ1v) is 9.45. The summed E-state index contributed by atoms with van der Waals surface area (Å²) in [5, 5.41) is 2.12. The van der Waals surface area contributed by atoms with Gasteiger partial charge in [0.25, 0.3) is 0 Å². The molecule has 0 N–H and O–H groups in total. The maximum absolute atomic E-state index is 5.06. The van der Waals surface area contributed by atoms with Crippen LogP contribution in [-0.2, 0) is 0 Å². The van der Waals surface area contributed by atoms with Crippen molar-refractivity contribution in [2.75, 3.05) is 6.54 Å². The minimum absolute atomic E-state index is 0.503. The summed E-state index contributed by atoms with van der Waals surface area (Å²) in [6.45, 7) is 1.01. The second kappa shape index (κ2) is 4.62. The van der Waals surface area contributed by atoms with Crippen LogP contribution in [0.3, 0.4) is 0 Å². The Balaban J connectivity index is 1.40. The fourth-order valence-electron chi connectivity index (χ4n) is 5.88. The summed E-state index contributed by atoms with van der Waals surface area (Å²) in [5.74, 6) is 3.07. The molecule has 1 aliphatic heterocycles. The molecule has 0 radical (unpaired) electrons. The summed E-state index contributed by atoms with van der Waals surface area (Å²) in [7, 11) is 0. The number of aliphatic imine (C=N–C) groups is 1. The summed E-state index contributed by atoms with van der Waals surface area (Å²) in [6.07, 6.45) is 8.93. The zero-order chi connectivity index (χ0) is 13.9. The lowest BCUT2D eigenvalue weighted by Gasteiger charge is -2.56. The fraction of sp³-hybridized carbons (Fsp3) is 0.632. The van der Waals surface area contributed by atoms with E-state index in [9.17, 15) is 0 Å². The van der Waals surface area contributed by atoms with Crippen molar-refractivity contribution in [3.63, 3.8) is 0 Å². The second-order valence-electron chi connectivity index (χ2n) is 7.86. The Labute approximate surface area is 131 Å². The number of benzene rings is 1. The Morgan fingerprint density at radius 1 is 0.905 bits per heavy atom. The first-order chi connectivity index (χ1) is 10.3. The molecule has 1 nitrogen and oxygen atoms in total. The van der Waals surface area contributed by atoms with Crippen LogP contribution >= 0.6 is 11.8 Å². The lowest BCUT2D eigenvalue weighted by Crippen LogP contribution is -2.49. The molecule has 0 aromatic heterocycles. The molecule has 2 heteroatoms. The normalized spacial score (nSPS) is 44.1. The Kier molecular flexibility index (Phi) is 2.80. The molecule has 4 bridgehead atoms. The van der Waals surface area contributed by atoms with E-state index in [4.69, 9.17) is 4.99 Å². The van der Waals surface area contributed by atoms with E-state index in [0.29, 0.717) is 10.7 Å². The van der Waals surface area contributed by atoms with Crippen molar-refractivity contribution in [1.82, 2.24) is 0 Å². The topological polar surface area (TPSA) is 12.4 Å². The van der Waals surface area contributed by atoms with Gasteiger partial charge in [-0.2, -0.15) is 0 Å². The molecular weight excluding hydrogens is 274 g/mol. The van der Waals surface area contributed by atoms with Crippen LogP contribution in [-0.4, -0.2) is 11.6 Å². The third-order valence-corrected chi connectivity index (χ3v) is 7.81. The fourth-order valence-corrected chi connectivity index (χ4v) is 7.24. The van der Waals surface area contributed by atoms with Crippen molar-refractivity contribution in [2.24, 2.45) is 28.2 Å². The molecule has 1 heterocycles.